The van der Waals surface area contributed by atoms with Crippen LogP contribution in [0.4, 0.5) is 0 Å². The second-order valence-corrected chi connectivity index (χ2v) is 4.11. The van der Waals surface area contributed by atoms with Gasteiger partial charge in [0.25, 0.3) is 0 Å². The summed E-state index contributed by atoms with van der Waals surface area (Å²) in [5.74, 6) is -0.0384. The predicted molar refractivity (Wildman–Crippen MR) is 62.9 cm³/mol. The van der Waals surface area contributed by atoms with Crippen LogP contribution in [0.15, 0.2) is 31.0 Å². The zero-order valence-corrected chi connectivity index (χ0v) is 9.52. The van der Waals surface area contributed by atoms with Gasteiger partial charge in [-0.15, -0.1) is 0 Å². The van der Waals surface area contributed by atoms with Crippen LogP contribution in [-0.2, 0) is 11.2 Å². The number of fused-ring (bicyclic) bond motifs is 1. The van der Waals surface area contributed by atoms with Crippen LogP contribution in [0.1, 0.15) is 30.1 Å². The number of rotatable bonds is 2. The molecule has 16 heavy (non-hydrogen) atoms. The summed E-state index contributed by atoms with van der Waals surface area (Å²) >= 11 is 0. The van der Waals surface area contributed by atoms with E-state index in [9.17, 15) is 4.79 Å². The van der Waals surface area contributed by atoms with Gasteiger partial charge in [-0.2, -0.15) is 0 Å². The molecule has 0 saturated carbocycles. The smallest absolute Gasteiger partial charge is 0.246 e. The summed E-state index contributed by atoms with van der Waals surface area (Å²) in [4.78, 5) is 17.7. The van der Waals surface area contributed by atoms with Gasteiger partial charge in [-0.1, -0.05) is 12.6 Å². The standard InChI is InChI=1S/C13H16N2O/c1-3-12(16)15(2)11-8-4-6-10-7-5-9-14-13(10)11/h3,5,7,9,11H,1,4,6,8H2,2H3. The van der Waals surface area contributed by atoms with Gasteiger partial charge in [0.2, 0.25) is 5.91 Å². The molecule has 1 aliphatic carbocycles. The molecule has 0 saturated heterocycles. The highest BCUT2D eigenvalue weighted by molar-refractivity contribution is 5.87. The number of aryl methyl sites for hydroxylation is 1. The molecule has 3 nitrogen and oxygen atoms in total. The maximum atomic E-state index is 11.6. The Kier molecular flexibility index (Phi) is 3.04. The second-order valence-electron chi connectivity index (χ2n) is 4.11. The average Bonchev–Trinajstić information content (AvgIpc) is 2.36. The molecule has 3 heteroatoms. The highest BCUT2D eigenvalue weighted by atomic mass is 16.2. The van der Waals surface area contributed by atoms with Gasteiger partial charge in [0.05, 0.1) is 11.7 Å². The first-order valence-corrected chi connectivity index (χ1v) is 5.57. The average molecular weight is 216 g/mol. The fourth-order valence-electron chi connectivity index (χ4n) is 2.26. The minimum Gasteiger partial charge on any atom is -0.334 e. The van der Waals surface area contributed by atoms with Crippen molar-refractivity contribution in [2.24, 2.45) is 0 Å². The Labute approximate surface area is 95.8 Å². The number of hydrogen-bond acceptors (Lipinski definition) is 2. The first kappa shape index (κ1) is 10.9. The lowest BCUT2D eigenvalue weighted by Crippen LogP contribution is -2.32. The minimum atomic E-state index is -0.0384. The van der Waals surface area contributed by atoms with E-state index in [1.165, 1.54) is 11.6 Å². The van der Waals surface area contributed by atoms with Crippen molar-refractivity contribution < 1.29 is 4.79 Å². The van der Waals surface area contributed by atoms with E-state index in [0.717, 1.165) is 25.0 Å². The zero-order chi connectivity index (χ0) is 11.5. The molecule has 1 aromatic rings. The lowest BCUT2D eigenvalue weighted by atomic mass is 9.91. The number of amides is 1. The third-order valence-electron chi connectivity index (χ3n) is 3.16. The second kappa shape index (κ2) is 4.47. The Morgan fingerprint density at radius 3 is 3.25 bits per heavy atom. The molecule has 0 aliphatic heterocycles. The fourth-order valence-corrected chi connectivity index (χ4v) is 2.26. The van der Waals surface area contributed by atoms with Crippen LogP contribution in [0, 0.1) is 0 Å². The van der Waals surface area contributed by atoms with Crippen LogP contribution in [-0.4, -0.2) is 22.8 Å². The summed E-state index contributed by atoms with van der Waals surface area (Å²) < 4.78 is 0. The molecular formula is C13H16N2O. The Balaban J connectivity index is 2.31. The molecule has 0 radical (unpaired) electrons. The third-order valence-corrected chi connectivity index (χ3v) is 3.16. The summed E-state index contributed by atoms with van der Waals surface area (Å²) in [7, 11) is 1.82. The number of carbonyl (C=O) groups excluding carboxylic acids is 1. The fraction of sp³-hybridized carbons (Fsp3) is 0.385. The molecule has 0 bridgehead atoms. The summed E-state index contributed by atoms with van der Waals surface area (Å²) in [6.07, 6.45) is 6.31. The maximum Gasteiger partial charge on any atom is 0.246 e. The lowest BCUT2D eigenvalue weighted by molar-refractivity contribution is -0.127. The van der Waals surface area contributed by atoms with Gasteiger partial charge in [0.15, 0.2) is 0 Å². The normalized spacial score (nSPS) is 18.7. The Morgan fingerprint density at radius 2 is 2.50 bits per heavy atom. The van der Waals surface area contributed by atoms with Crippen LogP contribution in [0.5, 0.6) is 0 Å². The topological polar surface area (TPSA) is 33.2 Å². The largest absolute Gasteiger partial charge is 0.334 e. The van der Waals surface area contributed by atoms with E-state index in [1.54, 1.807) is 11.1 Å². The zero-order valence-electron chi connectivity index (χ0n) is 9.52. The van der Waals surface area contributed by atoms with Crippen molar-refractivity contribution in [3.8, 4) is 0 Å². The van der Waals surface area contributed by atoms with Gasteiger partial charge in [-0.05, 0) is 37.0 Å². The quantitative estimate of drug-likeness (QED) is 0.709. The first-order valence-electron chi connectivity index (χ1n) is 5.57. The van der Waals surface area contributed by atoms with Crippen LogP contribution in [0.3, 0.4) is 0 Å². The van der Waals surface area contributed by atoms with Crippen LogP contribution in [0.25, 0.3) is 0 Å². The van der Waals surface area contributed by atoms with E-state index in [-0.39, 0.29) is 11.9 Å². The highest BCUT2D eigenvalue weighted by Gasteiger charge is 2.26. The molecule has 0 N–H and O–H groups in total. The van der Waals surface area contributed by atoms with Gasteiger partial charge >= 0.3 is 0 Å². The molecule has 1 heterocycles. The molecule has 1 amide bonds. The number of aromatic nitrogens is 1. The van der Waals surface area contributed by atoms with Crippen molar-refractivity contribution in [2.45, 2.75) is 25.3 Å². The van der Waals surface area contributed by atoms with Crippen molar-refractivity contribution in [1.82, 2.24) is 9.88 Å². The van der Waals surface area contributed by atoms with E-state index >= 15 is 0 Å². The third kappa shape index (κ3) is 1.85. The van der Waals surface area contributed by atoms with Crippen molar-refractivity contribution in [2.75, 3.05) is 7.05 Å². The molecule has 1 aliphatic rings. The monoisotopic (exact) mass is 216 g/mol. The van der Waals surface area contributed by atoms with E-state index in [4.69, 9.17) is 0 Å². The molecule has 1 atom stereocenters. The molecule has 0 spiro atoms. The van der Waals surface area contributed by atoms with E-state index < -0.39 is 0 Å². The number of pyridine rings is 1. The summed E-state index contributed by atoms with van der Waals surface area (Å²) in [5, 5.41) is 0. The molecule has 1 unspecified atom stereocenters. The van der Waals surface area contributed by atoms with Gasteiger partial charge in [-0.3, -0.25) is 9.78 Å². The van der Waals surface area contributed by atoms with Gasteiger partial charge in [0, 0.05) is 13.2 Å². The van der Waals surface area contributed by atoms with Crippen LogP contribution < -0.4 is 0 Å². The highest BCUT2D eigenvalue weighted by Crippen LogP contribution is 2.31. The lowest BCUT2D eigenvalue weighted by Gasteiger charge is -2.31. The van der Waals surface area contributed by atoms with Crippen molar-refractivity contribution >= 4 is 5.91 Å². The minimum absolute atomic E-state index is 0.0384. The van der Waals surface area contributed by atoms with E-state index in [0.29, 0.717) is 0 Å². The summed E-state index contributed by atoms with van der Waals surface area (Å²) in [5.41, 5.74) is 2.31. The van der Waals surface area contributed by atoms with Crippen LogP contribution >= 0.6 is 0 Å². The maximum absolute atomic E-state index is 11.6. The van der Waals surface area contributed by atoms with Crippen LogP contribution in [0.2, 0.25) is 0 Å². The van der Waals surface area contributed by atoms with Gasteiger partial charge in [0.1, 0.15) is 0 Å². The number of nitrogens with zero attached hydrogens (tertiary/aromatic N) is 2. The van der Waals surface area contributed by atoms with Gasteiger partial charge in [-0.25, -0.2) is 0 Å². The predicted octanol–water partition coefficient (Wildman–Crippen LogP) is 2.10. The van der Waals surface area contributed by atoms with Gasteiger partial charge < -0.3 is 4.90 Å². The molecular weight excluding hydrogens is 200 g/mol. The molecule has 2 rings (SSSR count). The number of hydrogen-bond donors (Lipinski definition) is 0. The van der Waals surface area contributed by atoms with Crippen molar-refractivity contribution in [3.05, 3.63) is 42.2 Å². The summed E-state index contributed by atoms with van der Waals surface area (Å²) in [6.45, 7) is 3.52. The molecule has 1 aromatic heterocycles. The SMILES string of the molecule is C=CC(=O)N(C)C1CCCc2cccnc21. The van der Waals surface area contributed by atoms with E-state index in [1.807, 2.05) is 13.1 Å². The van der Waals surface area contributed by atoms with Crippen molar-refractivity contribution in [1.29, 1.82) is 0 Å². The number of likely N-dealkylation sites (N-methyl/N-ethyl adjacent to an activating group) is 1. The molecule has 0 fully saturated rings. The Morgan fingerprint density at radius 1 is 1.69 bits per heavy atom. The number of carbonyl (C=O) groups is 1. The molecule has 0 aromatic carbocycles. The Bertz CT molecular complexity index is 414. The van der Waals surface area contributed by atoms with Crippen molar-refractivity contribution in [3.63, 3.8) is 0 Å². The molecule has 84 valence electrons. The first-order chi connectivity index (χ1) is 7.74. The Hall–Kier alpha value is -1.64. The summed E-state index contributed by atoms with van der Waals surface area (Å²) in [6, 6.07) is 4.16. The van der Waals surface area contributed by atoms with E-state index in [2.05, 4.69) is 17.6 Å².